The number of thiophene rings is 1. The molecule has 1 saturated heterocycles. The van der Waals surface area contributed by atoms with Crippen LogP contribution in [0.25, 0.3) is 5.65 Å². The zero-order chi connectivity index (χ0) is 24.0. The van der Waals surface area contributed by atoms with E-state index in [0.29, 0.717) is 32.0 Å². The quantitative estimate of drug-likeness (QED) is 0.352. The molecule has 5 rings (SSSR count). The van der Waals surface area contributed by atoms with Crippen LogP contribution in [0.4, 0.5) is 0 Å². The first-order chi connectivity index (χ1) is 17.2. The lowest BCUT2D eigenvalue weighted by Gasteiger charge is -2.25. The number of nitrogens with zero attached hydrogens (tertiary/aromatic N) is 3. The molecule has 7 nitrogen and oxygen atoms in total. The fourth-order valence-corrected chi connectivity index (χ4v) is 4.98. The van der Waals surface area contributed by atoms with Crippen molar-refractivity contribution in [3.63, 3.8) is 0 Å². The summed E-state index contributed by atoms with van der Waals surface area (Å²) >= 11 is 1.68. The molecular formula is C27H27N3O4S. The van der Waals surface area contributed by atoms with Gasteiger partial charge in [0, 0.05) is 38.5 Å². The molecule has 1 aromatic carbocycles. The monoisotopic (exact) mass is 489 g/mol. The van der Waals surface area contributed by atoms with Gasteiger partial charge in [-0.25, -0.2) is 4.98 Å². The Morgan fingerprint density at radius 3 is 2.97 bits per heavy atom. The third-order valence-corrected chi connectivity index (χ3v) is 6.82. The predicted octanol–water partition coefficient (Wildman–Crippen LogP) is 4.20. The largest absolute Gasteiger partial charge is 0.493 e. The Labute approximate surface area is 207 Å². The van der Waals surface area contributed by atoms with Crippen LogP contribution in [0.5, 0.6) is 5.75 Å². The van der Waals surface area contributed by atoms with Crippen LogP contribution in [0.3, 0.4) is 0 Å². The second kappa shape index (κ2) is 10.8. The average Bonchev–Trinajstić information content (AvgIpc) is 3.59. The molecule has 1 atom stereocenters. The second-order valence-corrected chi connectivity index (χ2v) is 9.38. The van der Waals surface area contributed by atoms with Gasteiger partial charge in [-0.2, -0.15) is 11.3 Å². The number of carbonyl (C=O) groups is 1. The van der Waals surface area contributed by atoms with Crippen LogP contribution < -0.4 is 10.3 Å². The Kier molecular flexibility index (Phi) is 7.20. The van der Waals surface area contributed by atoms with E-state index in [4.69, 9.17) is 9.47 Å². The molecule has 1 aliphatic heterocycles. The van der Waals surface area contributed by atoms with Crippen molar-refractivity contribution in [1.82, 2.24) is 14.3 Å². The van der Waals surface area contributed by atoms with E-state index in [2.05, 4.69) is 21.8 Å². The average molecular weight is 490 g/mol. The van der Waals surface area contributed by atoms with Gasteiger partial charge in [-0.1, -0.05) is 18.2 Å². The van der Waals surface area contributed by atoms with Crippen molar-refractivity contribution >= 4 is 22.9 Å². The van der Waals surface area contributed by atoms with Gasteiger partial charge < -0.3 is 14.4 Å². The number of fused-ring (bicyclic) bond motifs is 1. The summed E-state index contributed by atoms with van der Waals surface area (Å²) in [5.74, 6) is 0.412. The minimum Gasteiger partial charge on any atom is -0.493 e. The van der Waals surface area contributed by atoms with Crippen LogP contribution in [-0.4, -0.2) is 46.1 Å². The number of amides is 1. The molecule has 8 heteroatoms. The zero-order valence-corrected chi connectivity index (χ0v) is 20.2. The van der Waals surface area contributed by atoms with E-state index in [1.165, 1.54) is 16.2 Å². The highest BCUT2D eigenvalue weighted by molar-refractivity contribution is 7.07. The zero-order valence-electron chi connectivity index (χ0n) is 19.3. The van der Waals surface area contributed by atoms with Gasteiger partial charge in [-0.3, -0.25) is 14.0 Å². The van der Waals surface area contributed by atoms with Crippen LogP contribution in [0.1, 0.15) is 34.3 Å². The first kappa shape index (κ1) is 23.3. The summed E-state index contributed by atoms with van der Waals surface area (Å²) in [6.45, 7) is 2.04. The van der Waals surface area contributed by atoms with Gasteiger partial charge in [-0.05, 0) is 65.1 Å². The summed E-state index contributed by atoms with van der Waals surface area (Å²) in [6.07, 6.45) is 5.68. The highest BCUT2D eigenvalue weighted by Crippen LogP contribution is 2.20. The molecule has 0 saturated carbocycles. The normalized spacial score (nSPS) is 15.4. The standard InChI is InChI=1S/C27H27N3O4S/c31-26(24-16-28-25-8-1-2-11-30(25)27(24)32)29(18-23-7-4-12-33-23)17-21-5-3-6-22(15-21)34-13-9-20-10-14-35-19-20/h1-3,5-6,8,10-11,14-16,19,23H,4,7,9,12-13,17-18H2/t23-/m1/s1. The fourth-order valence-electron chi connectivity index (χ4n) is 4.27. The Morgan fingerprint density at radius 1 is 1.20 bits per heavy atom. The van der Waals surface area contributed by atoms with E-state index in [9.17, 15) is 9.59 Å². The van der Waals surface area contributed by atoms with E-state index in [-0.39, 0.29) is 23.1 Å². The lowest BCUT2D eigenvalue weighted by atomic mass is 10.1. The molecule has 0 unspecified atom stereocenters. The van der Waals surface area contributed by atoms with Crippen molar-refractivity contribution in [3.8, 4) is 5.75 Å². The molecule has 0 N–H and O–H groups in total. The van der Waals surface area contributed by atoms with Gasteiger partial charge in [0.1, 0.15) is 17.0 Å². The van der Waals surface area contributed by atoms with Crippen LogP contribution in [0, 0.1) is 0 Å². The van der Waals surface area contributed by atoms with Crippen molar-refractivity contribution in [2.75, 3.05) is 19.8 Å². The van der Waals surface area contributed by atoms with Gasteiger partial charge in [0.05, 0.1) is 12.7 Å². The molecule has 0 aliphatic carbocycles. The second-order valence-electron chi connectivity index (χ2n) is 8.60. The maximum atomic E-state index is 13.6. The molecule has 1 fully saturated rings. The number of hydrogen-bond donors (Lipinski definition) is 0. The van der Waals surface area contributed by atoms with Gasteiger partial charge in [0.25, 0.3) is 11.5 Å². The smallest absolute Gasteiger partial charge is 0.270 e. The third kappa shape index (κ3) is 5.61. The van der Waals surface area contributed by atoms with E-state index in [1.807, 2.05) is 30.3 Å². The van der Waals surface area contributed by atoms with Crippen LogP contribution in [-0.2, 0) is 17.7 Å². The van der Waals surface area contributed by atoms with Gasteiger partial charge in [0.15, 0.2) is 0 Å². The van der Waals surface area contributed by atoms with Gasteiger partial charge in [-0.15, -0.1) is 0 Å². The molecule has 1 amide bonds. The Balaban J connectivity index is 1.35. The number of carbonyl (C=O) groups excluding carboxylic acids is 1. The maximum Gasteiger partial charge on any atom is 0.270 e. The molecule has 4 aromatic rings. The summed E-state index contributed by atoms with van der Waals surface area (Å²) in [4.78, 5) is 32.6. The molecule has 0 spiro atoms. The number of pyridine rings is 1. The third-order valence-electron chi connectivity index (χ3n) is 6.09. The summed E-state index contributed by atoms with van der Waals surface area (Å²) in [7, 11) is 0. The van der Waals surface area contributed by atoms with Crippen LogP contribution >= 0.6 is 11.3 Å². The maximum absolute atomic E-state index is 13.6. The molecule has 0 radical (unpaired) electrons. The Hall–Kier alpha value is -3.49. The van der Waals surface area contributed by atoms with E-state index < -0.39 is 0 Å². The Bertz CT molecular complexity index is 1350. The van der Waals surface area contributed by atoms with E-state index in [0.717, 1.165) is 30.6 Å². The van der Waals surface area contributed by atoms with E-state index >= 15 is 0 Å². The molecular weight excluding hydrogens is 462 g/mol. The number of ether oxygens (including phenoxy) is 2. The van der Waals surface area contributed by atoms with Crippen molar-refractivity contribution in [3.05, 3.63) is 98.7 Å². The number of rotatable bonds is 9. The lowest BCUT2D eigenvalue weighted by molar-refractivity contribution is 0.0505. The first-order valence-corrected chi connectivity index (χ1v) is 12.7. The predicted molar refractivity (Wildman–Crippen MR) is 135 cm³/mol. The van der Waals surface area contributed by atoms with E-state index in [1.54, 1.807) is 34.6 Å². The molecule has 1 aliphatic rings. The molecule has 4 heterocycles. The molecule has 180 valence electrons. The van der Waals surface area contributed by atoms with Crippen molar-refractivity contribution in [2.24, 2.45) is 0 Å². The SMILES string of the molecule is O=C(c1cnc2ccccn2c1=O)N(Cc1cccc(OCCc2ccsc2)c1)C[C@H]1CCCO1. The number of hydrogen-bond acceptors (Lipinski definition) is 6. The Morgan fingerprint density at radius 2 is 2.14 bits per heavy atom. The van der Waals surface area contributed by atoms with Gasteiger partial charge >= 0.3 is 0 Å². The van der Waals surface area contributed by atoms with Crippen molar-refractivity contribution in [2.45, 2.75) is 31.9 Å². The molecule has 0 bridgehead atoms. The van der Waals surface area contributed by atoms with Crippen molar-refractivity contribution in [1.29, 1.82) is 0 Å². The first-order valence-electron chi connectivity index (χ1n) is 11.8. The lowest BCUT2D eigenvalue weighted by Crippen LogP contribution is -2.40. The number of aromatic nitrogens is 2. The molecule has 3 aromatic heterocycles. The minimum absolute atomic E-state index is 0.0415. The fraction of sp³-hybridized carbons (Fsp3) is 0.296. The van der Waals surface area contributed by atoms with Gasteiger partial charge in [0.2, 0.25) is 0 Å². The molecule has 35 heavy (non-hydrogen) atoms. The topological polar surface area (TPSA) is 73.1 Å². The van der Waals surface area contributed by atoms with Crippen LogP contribution in [0.15, 0.2) is 76.5 Å². The summed E-state index contributed by atoms with van der Waals surface area (Å²) < 4.78 is 13.2. The highest BCUT2D eigenvalue weighted by atomic mass is 32.1. The summed E-state index contributed by atoms with van der Waals surface area (Å²) in [6, 6.07) is 15.2. The van der Waals surface area contributed by atoms with Crippen molar-refractivity contribution < 1.29 is 14.3 Å². The number of benzene rings is 1. The summed E-state index contributed by atoms with van der Waals surface area (Å²) in [5, 5.41) is 4.19. The highest BCUT2D eigenvalue weighted by Gasteiger charge is 2.26. The summed E-state index contributed by atoms with van der Waals surface area (Å²) in [5.41, 5.74) is 2.37. The van der Waals surface area contributed by atoms with Crippen LogP contribution in [0.2, 0.25) is 0 Å². The minimum atomic E-state index is -0.372.